The minimum atomic E-state index is -0.0365. The van der Waals surface area contributed by atoms with Crippen molar-refractivity contribution < 1.29 is 0 Å². The van der Waals surface area contributed by atoms with E-state index < -0.39 is 0 Å². The number of rotatable bonds is 2. The largest absolute Gasteiger partial charge is 0.262 e. The Morgan fingerprint density at radius 2 is 2.20 bits per heavy atom. The van der Waals surface area contributed by atoms with Crippen LogP contribution in [0.1, 0.15) is 24.5 Å². The van der Waals surface area contributed by atoms with E-state index in [2.05, 4.69) is 30.4 Å². The van der Waals surface area contributed by atoms with Crippen molar-refractivity contribution in [3.05, 3.63) is 36.3 Å². The van der Waals surface area contributed by atoms with Crippen LogP contribution in [0.25, 0.3) is 16.7 Å². The van der Waals surface area contributed by atoms with Gasteiger partial charge in [0.1, 0.15) is 12.4 Å². The zero-order valence-electron chi connectivity index (χ0n) is 11.0. The summed E-state index contributed by atoms with van der Waals surface area (Å²) in [5.41, 5.74) is 2.42. The molecule has 4 rings (SSSR count). The molecule has 0 aliphatic heterocycles. The van der Waals surface area contributed by atoms with Gasteiger partial charge < -0.3 is 0 Å². The third-order valence-corrected chi connectivity index (χ3v) is 3.32. The summed E-state index contributed by atoms with van der Waals surface area (Å²) in [7, 11) is 0. The van der Waals surface area contributed by atoms with Gasteiger partial charge in [-0.05, 0) is 19.9 Å². The van der Waals surface area contributed by atoms with E-state index in [1.165, 1.54) is 0 Å². The van der Waals surface area contributed by atoms with Gasteiger partial charge in [-0.25, -0.2) is 14.5 Å². The molecule has 100 valence electrons. The van der Waals surface area contributed by atoms with Crippen molar-refractivity contribution in [2.24, 2.45) is 0 Å². The molecule has 1 N–H and O–H groups in total. The van der Waals surface area contributed by atoms with Gasteiger partial charge in [0.05, 0.1) is 17.3 Å². The molecule has 8 heteroatoms. The Bertz CT molecular complexity index is 899. The summed E-state index contributed by atoms with van der Waals surface area (Å²) >= 11 is 0. The first-order valence-electron chi connectivity index (χ1n) is 6.28. The standard InChI is InChI=1S/C12H12N8/c1-7-3-4-19(17-7)8(2)10-15-12-9-5-14-16-11(9)13-6-20(12)18-10/h3-6,8H,1-2H3,(H,14,16). The lowest BCUT2D eigenvalue weighted by Crippen LogP contribution is -2.09. The van der Waals surface area contributed by atoms with Crippen LogP contribution in [-0.2, 0) is 0 Å². The first-order chi connectivity index (χ1) is 9.72. The molecule has 0 radical (unpaired) electrons. The second-order valence-corrected chi connectivity index (χ2v) is 4.73. The van der Waals surface area contributed by atoms with E-state index in [9.17, 15) is 0 Å². The molecule has 0 bridgehead atoms. The van der Waals surface area contributed by atoms with Gasteiger partial charge in [0.25, 0.3) is 0 Å². The molecule has 0 saturated carbocycles. The smallest absolute Gasteiger partial charge is 0.176 e. The Morgan fingerprint density at radius 1 is 1.30 bits per heavy atom. The van der Waals surface area contributed by atoms with Crippen LogP contribution < -0.4 is 0 Å². The van der Waals surface area contributed by atoms with E-state index in [0.717, 1.165) is 16.7 Å². The predicted molar refractivity (Wildman–Crippen MR) is 71.2 cm³/mol. The Hall–Kier alpha value is -2.77. The second-order valence-electron chi connectivity index (χ2n) is 4.73. The molecule has 20 heavy (non-hydrogen) atoms. The topological polar surface area (TPSA) is 89.6 Å². The molecule has 1 atom stereocenters. The van der Waals surface area contributed by atoms with Crippen LogP contribution in [0.3, 0.4) is 0 Å². The summed E-state index contributed by atoms with van der Waals surface area (Å²) in [5, 5.41) is 16.5. The van der Waals surface area contributed by atoms with Crippen molar-refractivity contribution in [3.8, 4) is 0 Å². The molecule has 0 aromatic carbocycles. The summed E-state index contributed by atoms with van der Waals surface area (Å²) in [5.74, 6) is 0.698. The number of hydrogen-bond donors (Lipinski definition) is 1. The van der Waals surface area contributed by atoms with E-state index >= 15 is 0 Å². The number of aromatic amines is 1. The van der Waals surface area contributed by atoms with E-state index in [1.807, 2.05) is 30.8 Å². The molecular formula is C12H12N8. The van der Waals surface area contributed by atoms with Crippen molar-refractivity contribution in [1.82, 2.24) is 39.6 Å². The van der Waals surface area contributed by atoms with Gasteiger partial charge in [0, 0.05) is 6.20 Å². The Balaban J connectivity index is 1.87. The van der Waals surface area contributed by atoms with E-state index in [4.69, 9.17) is 0 Å². The maximum Gasteiger partial charge on any atom is 0.176 e. The van der Waals surface area contributed by atoms with Crippen molar-refractivity contribution >= 4 is 16.7 Å². The van der Waals surface area contributed by atoms with Crippen molar-refractivity contribution in [1.29, 1.82) is 0 Å². The molecule has 0 saturated heterocycles. The molecule has 0 spiro atoms. The van der Waals surface area contributed by atoms with Crippen molar-refractivity contribution in [3.63, 3.8) is 0 Å². The first kappa shape index (κ1) is 11.1. The highest BCUT2D eigenvalue weighted by Gasteiger charge is 2.16. The lowest BCUT2D eigenvalue weighted by atomic mass is 10.3. The fourth-order valence-corrected chi connectivity index (χ4v) is 2.20. The number of aromatic nitrogens is 8. The van der Waals surface area contributed by atoms with Crippen molar-refractivity contribution in [2.45, 2.75) is 19.9 Å². The highest BCUT2D eigenvalue weighted by atomic mass is 15.4. The summed E-state index contributed by atoms with van der Waals surface area (Å²) < 4.78 is 3.52. The van der Waals surface area contributed by atoms with Crippen LogP contribution >= 0.6 is 0 Å². The Labute approximate surface area is 113 Å². The summed E-state index contributed by atoms with van der Waals surface area (Å²) in [6.45, 7) is 3.97. The zero-order valence-corrected chi connectivity index (χ0v) is 11.0. The summed E-state index contributed by atoms with van der Waals surface area (Å²) in [6, 6.07) is 1.92. The van der Waals surface area contributed by atoms with Crippen LogP contribution in [0.4, 0.5) is 0 Å². The average molecular weight is 268 g/mol. The minimum absolute atomic E-state index is 0.0365. The number of nitrogens with one attached hydrogen (secondary N) is 1. The SMILES string of the molecule is Cc1ccn(C(C)c2nc3c4cn[nH]c4ncn3n2)n1. The normalized spacial score (nSPS) is 13.3. The fourth-order valence-electron chi connectivity index (χ4n) is 2.20. The van der Waals surface area contributed by atoms with Gasteiger partial charge in [0.2, 0.25) is 0 Å². The van der Waals surface area contributed by atoms with Crippen LogP contribution in [0.2, 0.25) is 0 Å². The predicted octanol–water partition coefficient (Wildman–Crippen LogP) is 1.11. The molecule has 1 unspecified atom stereocenters. The van der Waals surface area contributed by atoms with Gasteiger partial charge in [-0.2, -0.15) is 10.2 Å². The molecule has 0 aliphatic carbocycles. The Morgan fingerprint density at radius 3 is 3.00 bits per heavy atom. The number of aryl methyl sites for hydroxylation is 1. The lowest BCUT2D eigenvalue weighted by Gasteiger charge is -2.06. The average Bonchev–Trinajstić information content (AvgIpc) is 3.14. The van der Waals surface area contributed by atoms with E-state index in [1.54, 1.807) is 17.0 Å². The quantitative estimate of drug-likeness (QED) is 0.588. The van der Waals surface area contributed by atoms with Gasteiger partial charge >= 0.3 is 0 Å². The van der Waals surface area contributed by atoms with Crippen LogP contribution in [0, 0.1) is 6.92 Å². The van der Waals surface area contributed by atoms with Gasteiger partial charge in [-0.15, -0.1) is 5.10 Å². The molecule has 0 amide bonds. The molecule has 4 aromatic rings. The van der Waals surface area contributed by atoms with E-state index in [0.29, 0.717) is 11.5 Å². The first-order valence-corrected chi connectivity index (χ1v) is 6.28. The fraction of sp³-hybridized carbons (Fsp3) is 0.250. The van der Waals surface area contributed by atoms with Gasteiger partial charge in [-0.3, -0.25) is 9.78 Å². The number of fused-ring (bicyclic) bond motifs is 3. The maximum atomic E-state index is 4.59. The molecule has 0 aliphatic rings. The third kappa shape index (κ3) is 1.51. The number of H-pyrrole nitrogens is 1. The summed E-state index contributed by atoms with van der Waals surface area (Å²) in [6.07, 6.45) is 5.27. The molecule has 4 aromatic heterocycles. The number of nitrogens with zero attached hydrogens (tertiary/aromatic N) is 7. The van der Waals surface area contributed by atoms with Crippen LogP contribution in [0.15, 0.2) is 24.8 Å². The molecule has 8 nitrogen and oxygen atoms in total. The summed E-state index contributed by atoms with van der Waals surface area (Å²) in [4.78, 5) is 8.83. The van der Waals surface area contributed by atoms with E-state index in [-0.39, 0.29) is 6.04 Å². The van der Waals surface area contributed by atoms with Crippen LogP contribution in [-0.4, -0.2) is 39.6 Å². The monoisotopic (exact) mass is 268 g/mol. The second kappa shape index (κ2) is 3.86. The maximum absolute atomic E-state index is 4.59. The van der Waals surface area contributed by atoms with Gasteiger partial charge in [-0.1, -0.05) is 0 Å². The Kier molecular flexibility index (Phi) is 2.14. The zero-order chi connectivity index (χ0) is 13.7. The molecule has 4 heterocycles. The van der Waals surface area contributed by atoms with Crippen molar-refractivity contribution in [2.75, 3.05) is 0 Å². The third-order valence-electron chi connectivity index (χ3n) is 3.32. The highest BCUT2D eigenvalue weighted by Crippen LogP contribution is 2.18. The number of hydrogen-bond acceptors (Lipinski definition) is 5. The lowest BCUT2D eigenvalue weighted by molar-refractivity contribution is 0.533. The highest BCUT2D eigenvalue weighted by molar-refractivity contribution is 5.87. The van der Waals surface area contributed by atoms with Crippen LogP contribution in [0.5, 0.6) is 0 Å². The van der Waals surface area contributed by atoms with Gasteiger partial charge in [0.15, 0.2) is 17.1 Å². The molecule has 0 fully saturated rings. The molecular weight excluding hydrogens is 256 g/mol. The minimum Gasteiger partial charge on any atom is -0.262 e.